The molecule has 0 spiro atoms. The van der Waals surface area contributed by atoms with Crippen LogP contribution in [-0.4, -0.2) is 9.55 Å². The summed E-state index contributed by atoms with van der Waals surface area (Å²) in [6, 6.07) is 6.16. The van der Waals surface area contributed by atoms with Crippen molar-refractivity contribution in [1.82, 2.24) is 9.55 Å². The van der Waals surface area contributed by atoms with Gasteiger partial charge < -0.3 is 10.3 Å². The van der Waals surface area contributed by atoms with E-state index in [0.717, 1.165) is 13.0 Å². The number of pyridine rings is 1. The Bertz CT molecular complexity index is 406. The minimum absolute atomic E-state index is 0.613. The van der Waals surface area contributed by atoms with Gasteiger partial charge in [0.15, 0.2) is 0 Å². The van der Waals surface area contributed by atoms with Gasteiger partial charge >= 0.3 is 0 Å². The predicted octanol–water partition coefficient (Wildman–Crippen LogP) is 1.58. The number of rotatable bonds is 4. The molecule has 0 aliphatic rings. The maximum Gasteiger partial charge on any atom is 0.0270 e. The van der Waals surface area contributed by atoms with Crippen LogP contribution in [0.15, 0.2) is 43.0 Å². The second-order valence-electron chi connectivity index (χ2n) is 3.57. The highest BCUT2D eigenvalue weighted by molar-refractivity contribution is 5.12. The molecule has 0 fully saturated rings. The summed E-state index contributed by atoms with van der Waals surface area (Å²) in [5, 5.41) is 0. The zero-order valence-electron chi connectivity index (χ0n) is 8.63. The summed E-state index contributed by atoms with van der Waals surface area (Å²) in [4.78, 5) is 3.99. The van der Waals surface area contributed by atoms with Crippen molar-refractivity contribution in [3.05, 3.63) is 54.1 Å². The van der Waals surface area contributed by atoms with Crippen LogP contribution < -0.4 is 5.73 Å². The normalized spacial score (nSPS) is 10.5. The molecule has 0 saturated carbocycles. The number of hydrogen-bond donors (Lipinski definition) is 1. The van der Waals surface area contributed by atoms with E-state index in [4.69, 9.17) is 5.73 Å². The van der Waals surface area contributed by atoms with Gasteiger partial charge in [-0.15, -0.1) is 0 Å². The molecule has 15 heavy (non-hydrogen) atoms. The van der Waals surface area contributed by atoms with E-state index in [9.17, 15) is 0 Å². The Balaban J connectivity index is 1.93. The van der Waals surface area contributed by atoms with Crippen molar-refractivity contribution in [3.63, 3.8) is 0 Å². The summed E-state index contributed by atoms with van der Waals surface area (Å²) in [5.74, 6) is 0. The maximum absolute atomic E-state index is 5.55. The Labute approximate surface area is 89.6 Å². The number of nitrogens with two attached hydrogens (primary N) is 1. The van der Waals surface area contributed by atoms with E-state index < -0.39 is 0 Å². The molecule has 0 atom stereocenters. The Morgan fingerprint density at radius 2 is 1.93 bits per heavy atom. The molecule has 0 radical (unpaired) electrons. The first kappa shape index (κ1) is 9.93. The van der Waals surface area contributed by atoms with Crippen LogP contribution in [0.4, 0.5) is 0 Å². The van der Waals surface area contributed by atoms with Gasteiger partial charge in [-0.1, -0.05) is 0 Å². The molecule has 2 aromatic rings. The Hall–Kier alpha value is -1.61. The molecule has 0 saturated heterocycles. The van der Waals surface area contributed by atoms with Gasteiger partial charge in [0.25, 0.3) is 0 Å². The van der Waals surface area contributed by atoms with E-state index in [0.29, 0.717) is 6.54 Å². The monoisotopic (exact) mass is 201 g/mol. The Morgan fingerprint density at radius 3 is 2.60 bits per heavy atom. The van der Waals surface area contributed by atoms with Gasteiger partial charge in [-0.3, -0.25) is 4.98 Å². The van der Waals surface area contributed by atoms with E-state index >= 15 is 0 Å². The highest BCUT2D eigenvalue weighted by Gasteiger charge is 1.96. The molecule has 78 valence electrons. The fourth-order valence-electron chi connectivity index (χ4n) is 1.56. The first-order chi connectivity index (χ1) is 7.38. The summed E-state index contributed by atoms with van der Waals surface area (Å²) in [6.07, 6.45) is 8.86. The average molecular weight is 201 g/mol. The van der Waals surface area contributed by atoms with Gasteiger partial charge in [0.2, 0.25) is 0 Å². The van der Waals surface area contributed by atoms with Crippen LogP contribution in [0.1, 0.15) is 11.1 Å². The van der Waals surface area contributed by atoms with E-state index in [1.165, 1.54) is 11.1 Å². The molecule has 0 aliphatic heterocycles. The molecule has 2 rings (SSSR count). The second-order valence-corrected chi connectivity index (χ2v) is 3.57. The SMILES string of the molecule is NCc1ccn(CCc2ccncc2)c1. The van der Waals surface area contributed by atoms with Crippen molar-refractivity contribution in [3.8, 4) is 0 Å². The topological polar surface area (TPSA) is 43.8 Å². The van der Waals surface area contributed by atoms with Gasteiger partial charge in [0.1, 0.15) is 0 Å². The number of aromatic nitrogens is 2. The van der Waals surface area contributed by atoms with E-state index in [1.54, 1.807) is 0 Å². The minimum atomic E-state index is 0.613. The standard InChI is InChI=1S/C12H15N3/c13-9-12-4-8-15(10-12)7-3-11-1-5-14-6-2-11/h1-2,4-6,8,10H,3,7,9,13H2. The predicted molar refractivity (Wildman–Crippen MR) is 60.3 cm³/mol. The summed E-state index contributed by atoms with van der Waals surface area (Å²) in [7, 11) is 0. The van der Waals surface area contributed by atoms with Crippen LogP contribution in [0.25, 0.3) is 0 Å². The summed E-state index contributed by atoms with van der Waals surface area (Å²) in [6.45, 7) is 1.60. The summed E-state index contributed by atoms with van der Waals surface area (Å²) < 4.78 is 2.17. The molecule has 0 aliphatic carbocycles. The molecular formula is C12H15N3. The summed E-state index contributed by atoms with van der Waals surface area (Å²) in [5.41, 5.74) is 8.05. The molecule has 2 N–H and O–H groups in total. The van der Waals surface area contributed by atoms with Gasteiger partial charge in [-0.2, -0.15) is 0 Å². The van der Waals surface area contributed by atoms with Crippen LogP contribution in [0.2, 0.25) is 0 Å². The fraction of sp³-hybridized carbons (Fsp3) is 0.250. The number of nitrogens with zero attached hydrogens (tertiary/aromatic N) is 2. The highest BCUT2D eigenvalue weighted by Crippen LogP contribution is 2.03. The largest absolute Gasteiger partial charge is 0.354 e. The lowest BCUT2D eigenvalue weighted by Gasteiger charge is -2.02. The molecule has 2 heterocycles. The third-order valence-electron chi connectivity index (χ3n) is 2.46. The lowest BCUT2D eigenvalue weighted by molar-refractivity contribution is 0.698. The van der Waals surface area contributed by atoms with Gasteiger partial charge in [0.05, 0.1) is 0 Å². The lowest BCUT2D eigenvalue weighted by Crippen LogP contribution is -1.99. The van der Waals surface area contributed by atoms with Crippen LogP contribution in [0, 0.1) is 0 Å². The molecule has 3 nitrogen and oxygen atoms in total. The summed E-state index contributed by atoms with van der Waals surface area (Å²) >= 11 is 0. The number of aryl methyl sites for hydroxylation is 2. The third-order valence-corrected chi connectivity index (χ3v) is 2.46. The van der Waals surface area contributed by atoms with Crippen molar-refractivity contribution in [1.29, 1.82) is 0 Å². The zero-order chi connectivity index (χ0) is 10.5. The van der Waals surface area contributed by atoms with Crippen molar-refractivity contribution < 1.29 is 0 Å². The quantitative estimate of drug-likeness (QED) is 0.816. The zero-order valence-corrected chi connectivity index (χ0v) is 8.63. The van der Waals surface area contributed by atoms with Crippen molar-refractivity contribution in [2.75, 3.05) is 0 Å². The molecular weight excluding hydrogens is 186 g/mol. The van der Waals surface area contributed by atoms with Gasteiger partial charge in [-0.05, 0) is 35.7 Å². The highest BCUT2D eigenvalue weighted by atomic mass is 14.9. The first-order valence-corrected chi connectivity index (χ1v) is 5.12. The fourth-order valence-corrected chi connectivity index (χ4v) is 1.56. The van der Waals surface area contributed by atoms with Gasteiger partial charge in [0, 0.05) is 37.9 Å². The van der Waals surface area contributed by atoms with E-state index in [1.807, 2.05) is 24.5 Å². The number of hydrogen-bond acceptors (Lipinski definition) is 2. The van der Waals surface area contributed by atoms with E-state index in [-0.39, 0.29) is 0 Å². The van der Waals surface area contributed by atoms with Gasteiger partial charge in [-0.25, -0.2) is 0 Å². The molecule has 0 amide bonds. The van der Waals surface area contributed by atoms with E-state index in [2.05, 4.69) is 28.0 Å². The Kier molecular flexibility index (Phi) is 3.15. The van der Waals surface area contributed by atoms with Crippen LogP contribution in [-0.2, 0) is 19.5 Å². The first-order valence-electron chi connectivity index (χ1n) is 5.12. The molecule has 0 aromatic carbocycles. The lowest BCUT2D eigenvalue weighted by atomic mass is 10.2. The maximum atomic E-state index is 5.55. The molecule has 2 aromatic heterocycles. The second kappa shape index (κ2) is 4.75. The third kappa shape index (κ3) is 2.67. The Morgan fingerprint density at radius 1 is 1.13 bits per heavy atom. The van der Waals surface area contributed by atoms with Crippen molar-refractivity contribution in [2.45, 2.75) is 19.5 Å². The molecule has 0 bridgehead atoms. The van der Waals surface area contributed by atoms with Crippen molar-refractivity contribution in [2.24, 2.45) is 5.73 Å². The van der Waals surface area contributed by atoms with Crippen LogP contribution in [0.3, 0.4) is 0 Å². The minimum Gasteiger partial charge on any atom is -0.354 e. The average Bonchev–Trinajstić information content (AvgIpc) is 2.76. The van der Waals surface area contributed by atoms with Crippen LogP contribution in [0.5, 0.6) is 0 Å². The molecule has 3 heteroatoms. The smallest absolute Gasteiger partial charge is 0.0270 e. The van der Waals surface area contributed by atoms with Crippen LogP contribution >= 0.6 is 0 Å². The molecule has 0 unspecified atom stereocenters. The van der Waals surface area contributed by atoms with Crippen molar-refractivity contribution >= 4 is 0 Å².